The predicted octanol–water partition coefficient (Wildman–Crippen LogP) is 1.65. The lowest BCUT2D eigenvalue weighted by Crippen LogP contribution is -2.26. The molecule has 1 heterocycles. The Hall–Kier alpha value is -2.63. The molecule has 0 atom stereocenters. The number of fused-ring (bicyclic) bond motifs is 1. The zero-order valence-electron chi connectivity index (χ0n) is 11.4. The largest absolute Gasteiger partial charge is 0.481 e. The topological polar surface area (TPSA) is 88.4 Å². The highest BCUT2D eigenvalue weighted by Crippen LogP contribution is 2.15. The molecule has 0 spiro atoms. The minimum absolute atomic E-state index is 0.0466. The van der Waals surface area contributed by atoms with Gasteiger partial charge in [-0.15, -0.1) is 0 Å². The van der Waals surface area contributed by atoms with Crippen LogP contribution < -0.4 is 5.32 Å². The first-order chi connectivity index (χ1) is 10.1. The van der Waals surface area contributed by atoms with Gasteiger partial charge in [0.25, 0.3) is 0 Å². The van der Waals surface area contributed by atoms with Crippen molar-refractivity contribution in [3.8, 4) is 0 Å². The van der Waals surface area contributed by atoms with E-state index < -0.39 is 5.97 Å². The third kappa shape index (κ3) is 3.92. The van der Waals surface area contributed by atoms with Crippen molar-refractivity contribution >= 4 is 28.7 Å². The molecule has 21 heavy (non-hydrogen) atoms. The number of carboxylic acid groups (broad SMARTS) is 1. The molecular weight excluding hydrogens is 272 g/mol. The minimum atomic E-state index is -0.967. The molecule has 2 aromatic rings. The molecule has 0 bridgehead atoms. The number of nitrogens with one attached hydrogen (secondary N) is 1. The maximum atomic E-state index is 12.1. The molecule has 6 heteroatoms. The molecule has 0 aliphatic carbocycles. The van der Waals surface area contributed by atoms with Crippen molar-refractivity contribution in [3.05, 3.63) is 36.5 Å². The lowest BCUT2D eigenvalue weighted by atomic mass is 10.2. The van der Waals surface area contributed by atoms with Crippen LogP contribution in [0.3, 0.4) is 0 Å². The number of carbonyl (C=O) groups excluding carboxylic acids is 2. The number of amides is 1. The van der Waals surface area contributed by atoms with Crippen LogP contribution in [-0.4, -0.2) is 34.0 Å². The number of nitrogens with zero attached hydrogens (tertiary/aromatic N) is 1. The van der Waals surface area contributed by atoms with Crippen molar-refractivity contribution in [3.63, 3.8) is 0 Å². The van der Waals surface area contributed by atoms with Gasteiger partial charge in [-0.1, -0.05) is 18.2 Å². The first-order valence-electron chi connectivity index (χ1n) is 6.65. The summed E-state index contributed by atoms with van der Waals surface area (Å²) in [6, 6.07) is 9.36. The fraction of sp³-hybridized carbons (Fsp3) is 0.267. The van der Waals surface area contributed by atoms with E-state index in [2.05, 4.69) is 5.32 Å². The lowest BCUT2D eigenvalue weighted by molar-refractivity contribution is -0.136. The van der Waals surface area contributed by atoms with Crippen molar-refractivity contribution in [2.45, 2.75) is 19.3 Å². The molecule has 0 saturated heterocycles. The van der Waals surface area contributed by atoms with E-state index in [0.29, 0.717) is 0 Å². The zero-order chi connectivity index (χ0) is 15.2. The van der Waals surface area contributed by atoms with Crippen molar-refractivity contribution in [2.75, 3.05) is 6.54 Å². The van der Waals surface area contributed by atoms with E-state index in [1.807, 2.05) is 30.3 Å². The lowest BCUT2D eigenvalue weighted by Gasteiger charge is -2.05. The van der Waals surface area contributed by atoms with Gasteiger partial charge in [0.05, 0.1) is 11.9 Å². The Morgan fingerprint density at radius 3 is 2.57 bits per heavy atom. The summed E-state index contributed by atoms with van der Waals surface area (Å²) in [7, 11) is 0. The maximum Gasteiger partial charge on any atom is 0.305 e. The molecule has 1 aromatic heterocycles. The Kier molecular flexibility index (Phi) is 4.71. The molecule has 0 aliphatic heterocycles. The SMILES string of the molecule is O=C(O)CCNC(=O)CCC(=O)n1ccc2ccccc21. The highest BCUT2D eigenvalue weighted by Gasteiger charge is 2.11. The minimum Gasteiger partial charge on any atom is -0.481 e. The Morgan fingerprint density at radius 1 is 1.05 bits per heavy atom. The number of carbonyl (C=O) groups is 3. The van der Waals surface area contributed by atoms with E-state index in [1.165, 1.54) is 4.57 Å². The zero-order valence-corrected chi connectivity index (χ0v) is 11.4. The van der Waals surface area contributed by atoms with Crippen molar-refractivity contribution in [2.24, 2.45) is 0 Å². The molecule has 0 saturated carbocycles. The number of aliphatic carboxylic acids is 1. The van der Waals surface area contributed by atoms with Crippen LogP contribution in [-0.2, 0) is 9.59 Å². The smallest absolute Gasteiger partial charge is 0.305 e. The number of benzene rings is 1. The van der Waals surface area contributed by atoms with Gasteiger partial charge in [0.1, 0.15) is 0 Å². The van der Waals surface area contributed by atoms with E-state index in [4.69, 9.17) is 5.11 Å². The molecule has 0 aliphatic rings. The summed E-state index contributed by atoms with van der Waals surface area (Å²) in [6.07, 6.45) is 1.69. The van der Waals surface area contributed by atoms with E-state index in [0.717, 1.165) is 10.9 Å². The molecule has 0 unspecified atom stereocenters. The molecule has 2 N–H and O–H groups in total. The van der Waals surface area contributed by atoms with Crippen LogP contribution in [0.2, 0.25) is 0 Å². The van der Waals surface area contributed by atoms with Gasteiger partial charge in [0.2, 0.25) is 11.8 Å². The van der Waals surface area contributed by atoms with Crippen LogP contribution in [0.4, 0.5) is 0 Å². The fourth-order valence-electron chi connectivity index (χ4n) is 2.04. The van der Waals surface area contributed by atoms with Crippen LogP contribution in [0.5, 0.6) is 0 Å². The quantitative estimate of drug-likeness (QED) is 0.846. The van der Waals surface area contributed by atoms with Crippen LogP contribution in [0.1, 0.15) is 24.1 Å². The van der Waals surface area contributed by atoms with Crippen molar-refractivity contribution in [1.29, 1.82) is 0 Å². The summed E-state index contributed by atoms with van der Waals surface area (Å²) >= 11 is 0. The number of carboxylic acids is 1. The molecule has 110 valence electrons. The van der Waals surface area contributed by atoms with Gasteiger partial charge in [-0.3, -0.25) is 19.0 Å². The molecule has 0 fully saturated rings. The van der Waals surface area contributed by atoms with Crippen LogP contribution >= 0.6 is 0 Å². The van der Waals surface area contributed by atoms with E-state index >= 15 is 0 Å². The number of aromatic nitrogens is 1. The molecule has 0 radical (unpaired) electrons. The van der Waals surface area contributed by atoms with Gasteiger partial charge in [0, 0.05) is 31.0 Å². The van der Waals surface area contributed by atoms with Crippen molar-refractivity contribution < 1.29 is 19.5 Å². The van der Waals surface area contributed by atoms with Crippen LogP contribution in [0.15, 0.2) is 36.5 Å². The van der Waals surface area contributed by atoms with E-state index in [9.17, 15) is 14.4 Å². The van der Waals surface area contributed by atoms with E-state index in [1.54, 1.807) is 6.20 Å². The second-order valence-electron chi connectivity index (χ2n) is 4.63. The second kappa shape index (κ2) is 6.69. The van der Waals surface area contributed by atoms with Gasteiger partial charge < -0.3 is 10.4 Å². The average Bonchev–Trinajstić information content (AvgIpc) is 2.88. The number of rotatable bonds is 6. The Morgan fingerprint density at radius 2 is 1.81 bits per heavy atom. The monoisotopic (exact) mass is 288 g/mol. The van der Waals surface area contributed by atoms with Gasteiger partial charge in [-0.05, 0) is 12.1 Å². The first kappa shape index (κ1) is 14.8. The molecular formula is C15H16N2O4. The van der Waals surface area contributed by atoms with Gasteiger partial charge in [-0.2, -0.15) is 0 Å². The van der Waals surface area contributed by atoms with Gasteiger partial charge in [0.15, 0.2) is 0 Å². The van der Waals surface area contributed by atoms with Crippen molar-refractivity contribution in [1.82, 2.24) is 9.88 Å². The summed E-state index contributed by atoms with van der Waals surface area (Å²) in [5, 5.41) is 11.9. The Bertz CT molecular complexity index is 675. The summed E-state index contributed by atoms with van der Waals surface area (Å²) in [6.45, 7) is 0.0782. The molecule has 1 aromatic carbocycles. The predicted molar refractivity (Wildman–Crippen MR) is 77.1 cm³/mol. The average molecular weight is 288 g/mol. The van der Waals surface area contributed by atoms with Crippen LogP contribution in [0.25, 0.3) is 10.9 Å². The van der Waals surface area contributed by atoms with Crippen LogP contribution in [0, 0.1) is 0 Å². The fourth-order valence-corrected chi connectivity index (χ4v) is 2.04. The number of hydrogen-bond donors (Lipinski definition) is 2. The second-order valence-corrected chi connectivity index (χ2v) is 4.63. The molecule has 1 amide bonds. The van der Waals surface area contributed by atoms with E-state index in [-0.39, 0.29) is 37.6 Å². The van der Waals surface area contributed by atoms with Gasteiger partial charge in [-0.25, -0.2) is 0 Å². The highest BCUT2D eigenvalue weighted by molar-refractivity contribution is 5.93. The standard InChI is InChI=1S/C15H16N2O4/c18-13(16-9-7-15(20)21)5-6-14(19)17-10-8-11-3-1-2-4-12(11)17/h1-4,8,10H,5-7,9H2,(H,16,18)(H,20,21). The maximum absolute atomic E-state index is 12.1. The summed E-state index contributed by atoms with van der Waals surface area (Å²) in [5.41, 5.74) is 0.814. The summed E-state index contributed by atoms with van der Waals surface area (Å²) in [5.74, 6) is -1.45. The molecule has 2 rings (SSSR count). The Balaban J connectivity index is 1.87. The Labute approximate surface area is 121 Å². The first-order valence-corrected chi connectivity index (χ1v) is 6.65. The highest BCUT2D eigenvalue weighted by atomic mass is 16.4. The summed E-state index contributed by atoms with van der Waals surface area (Å²) in [4.78, 5) is 33.9. The normalized spacial score (nSPS) is 10.5. The third-order valence-electron chi connectivity index (χ3n) is 3.10. The number of para-hydroxylation sites is 1. The third-order valence-corrected chi connectivity index (χ3v) is 3.10. The molecule has 6 nitrogen and oxygen atoms in total. The van der Waals surface area contributed by atoms with Gasteiger partial charge >= 0.3 is 5.97 Å². The summed E-state index contributed by atoms with van der Waals surface area (Å²) < 4.78 is 1.53. The number of hydrogen-bond acceptors (Lipinski definition) is 3.